The van der Waals surface area contributed by atoms with Gasteiger partial charge in [-0.25, -0.2) is 4.79 Å². The summed E-state index contributed by atoms with van der Waals surface area (Å²) in [5.41, 5.74) is 0.844. The number of hydrogen-bond donors (Lipinski definition) is 1. The first kappa shape index (κ1) is 12.0. The lowest BCUT2D eigenvalue weighted by Gasteiger charge is -2.18. The average Bonchev–Trinajstić information content (AvgIpc) is 2.25. The van der Waals surface area contributed by atoms with Gasteiger partial charge in [0, 0.05) is 6.92 Å². The Hall–Kier alpha value is -2.04. The second-order valence-corrected chi connectivity index (χ2v) is 3.23. The van der Waals surface area contributed by atoms with Crippen molar-refractivity contribution in [3.63, 3.8) is 0 Å². The smallest absolute Gasteiger partial charge is 0.410 e. The number of ether oxygens (including phenoxy) is 1. The zero-order valence-electron chi connectivity index (χ0n) is 8.92. The van der Waals surface area contributed by atoms with E-state index in [4.69, 9.17) is 5.11 Å². The normalized spacial score (nSPS) is 9.56. The molecule has 5 heteroatoms. The van der Waals surface area contributed by atoms with Gasteiger partial charge in [0.05, 0.1) is 6.54 Å². The lowest BCUT2D eigenvalue weighted by Crippen LogP contribution is -2.32. The van der Waals surface area contributed by atoms with E-state index in [2.05, 4.69) is 4.74 Å². The number of carbonyl (C=O) groups is 2. The van der Waals surface area contributed by atoms with Crippen LogP contribution in [0.15, 0.2) is 30.3 Å². The van der Waals surface area contributed by atoms with Crippen LogP contribution in [-0.4, -0.2) is 28.8 Å². The molecule has 1 amide bonds. The molecule has 0 saturated heterocycles. The largest absolute Gasteiger partial charge is 0.465 e. The Morgan fingerprint density at radius 3 is 2.44 bits per heavy atom. The molecule has 0 bridgehead atoms. The van der Waals surface area contributed by atoms with E-state index in [-0.39, 0.29) is 13.3 Å². The van der Waals surface area contributed by atoms with Gasteiger partial charge in [0.25, 0.3) is 0 Å². The molecule has 0 aromatic heterocycles. The van der Waals surface area contributed by atoms with Gasteiger partial charge in [-0.3, -0.25) is 9.69 Å². The van der Waals surface area contributed by atoms with Crippen molar-refractivity contribution < 1.29 is 19.4 Å². The number of rotatable bonds is 4. The van der Waals surface area contributed by atoms with E-state index < -0.39 is 12.1 Å². The Labute approximate surface area is 93.2 Å². The first-order chi connectivity index (χ1) is 7.59. The summed E-state index contributed by atoms with van der Waals surface area (Å²) in [5, 5.41) is 8.88. The Morgan fingerprint density at radius 2 is 1.94 bits per heavy atom. The molecule has 0 aliphatic rings. The number of esters is 1. The van der Waals surface area contributed by atoms with Gasteiger partial charge in [-0.15, -0.1) is 0 Å². The van der Waals surface area contributed by atoms with Gasteiger partial charge in [-0.05, 0) is 5.56 Å². The molecule has 0 spiro atoms. The van der Waals surface area contributed by atoms with Gasteiger partial charge in [-0.2, -0.15) is 0 Å². The maximum absolute atomic E-state index is 10.9. The van der Waals surface area contributed by atoms with Crippen LogP contribution in [0.5, 0.6) is 0 Å². The SMILES string of the molecule is CC(=O)OCN(Cc1ccccc1)C(=O)O. The van der Waals surface area contributed by atoms with E-state index in [1.807, 2.05) is 30.3 Å². The molecule has 1 N–H and O–H groups in total. The van der Waals surface area contributed by atoms with Gasteiger partial charge >= 0.3 is 12.1 Å². The second kappa shape index (κ2) is 5.75. The molecule has 0 heterocycles. The first-order valence-electron chi connectivity index (χ1n) is 4.74. The Morgan fingerprint density at radius 1 is 1.31 bits per heavy atom. The first-order valence-corrected chi connectivity index (χ1v) is 4.74. The molecule has 0 atom stereocenters. The zero-order valence-corrected chi connectivity index (χ0v) is 8.92. The molecule has 86 valence electrons. The molecule has 0 saturated carbocycles. The number of hydrogen-bond acceptors (Lipinski definition) is 3. The molecule has 1 aromatic rings. The van der Waals surface area contributed by atoms with Gasteiger partial charge in [-0.1, -0.05) is 30.3 Å². The fraction of sp³-hybridized carbons (Fsp3) is 0.273. The number of carboxylic acid groups (broad SMARTS) is 1. The Kier molecular flexibility index (Phi) is 4.32. The maximum atomic E-state index is 10.9. The Balaban J connectivity index is 2.58. The molecule has 1 aromatic carbocycles. The van der Waals surface area contributed by atoms with E-state index in [0.29, 0.717) is 0 Å². The third kappa shape index (κ3) is 4.00. The lowest BCUT2D eigenvalue weighted by molar-refractivity contribution is -0.144. The minimum atomic E-state index is -1.12. The molecule has 0 radical (unpaired) electrons. The van der Waals surface area contributed by atoms with Crippen LogP contribution in [0.4, 0.5) is 4.79 Å². The highest BCUT2D eigenvalue weighted by atomic mass is 16.5. The minimum Gasteiger partial charge on any atom is -0.465 e. The highest BCUT2D eigenvalue weighted by molar-refractivity contribution is 5.67. The predicted octanol–water partition coefficient (Wildman–Crippen LogP) is 1.69. The summed E-state index contributed by atoms with van der Waals surface area (Å²) in [7, 11) is 0. The summed E-state index contributed by atoms with van der Waals surface area (Å²) in [6.07, 6.45) is -1.12. The predicted molar refractivity (Wildman–Crippen MR) is 56.6 cm³/mol. The van der Waals surface area contributed by atoms with Crippen molar-refractivity contribution >= 4 is 12.1 Å². The highest BCUT2D eigenvalue weighted by Crippen LogP contribution is 2.04. The van der Waals surface area contributed by atoms with Crippen LogP contribution in [0.25, 0.3) is 0 Å². The van der Waals surface area contributed by atoms with Crippen LogP contribution >= 0.6 is 0 Å². The maximum Gasteiger partial charge on any atom is 0.410 e. The molecule has 0 fully saturated rings. The number of carbonyl (C=O) groups excluding carboxylic acids is 1. The molecule has 0 unspecified atom stereocenters. The third-order valence-electron chi connectivity index (χ3n) is 1.91. The summed E-state index contributed by atoms with van der Waals surface area (Å²) >= 11 is 0. The summed E-state index contributed by atoms with van der Waals surface area (Å²) in [6.45, 7) is 1.19. The summed E-state index contributed by atoms with van der Waals surface area (Å²) < 4.78 is 4.64. The quantitative estimate of drug-likeness (QED) is 0.623. The van der Waals surface area contributed by atoms with Crippen molar-refractivity contribution in [2.24, 2.45) is 0 Å². The van der Waals surface area contributed by atoms with Crippen LogP contribution in [0.3, 0.4) is 0 Å². The van der Waals surface area contributed by atoms with Crippen LogP contribution < -0.4 is 0 Å². The number of amides is 1. The third-order valence-corrected chi connectivity index (χ3v) is 1.91. The fourth-order valence-corrected chi connectivity index (χ4v) is 1.14. The van der Waals surface area contributed by atoms with Gasteiger partial charge < -0.3 is 9.84 Å². The molecular weight excluding hydrogens is 210 g/mol. The van der Waals surface area contributed by atoms with E-state index in [1.165, 1.54) is 6.92 Å². The van der Waals surface area contributed by atoms with Gasteiger partial charge in [0.1, 0.15) is 0 Å². The highest BCUT2D eigenvalue weighted by Gasteiger charge is 2.13. The van der Waals surface area contributed by atoms with E-state index >= 15 is 0 Å². The minimum absolute atomic E-state index is 0.198. The molecular formula is C11H13NO4. The standard InChI is InChI=1S/C11H13NO4/c1-9(13)16-8-12(11(14)15)7-10-5-3-2-4-6-10/h2-6H,7-8H2,1H3,(H,14,15). The van der Waals surface area contributed by atoms with Crippen LogP contribution in [-0.2, 0) is 16.1 Å². The molecule has 16 heavy (non-hydrogen) atoms. The van der Waals surface area contributed by atoms with Crippen molar-refractivity contribution in [3.05, 3.63) is 35.9 Å². The van der Waals surface area contributed by atoms with Gasteiger partial charge in [0.15, 0.2) is 6.73 Å². The summed E-state index contributed by atoms with van der Waals surface area (Å²) in [6, 6.07) is 9.11. The van der Waals surface area contributed by atoms with Crippen molar-refractivity contribution in [3.8, 4) is 0 Å². The van der Waals surface area contributed by atoms with Crippen molar-refractivity contribution in [2.75, 3.05) is 6.73 Å². The monoisotopic (exact) mass is 223 g/mol. The average molecular weight is 223 g/mol. The van der Waals surface area contributed by atoms with Crippen molar-refractivity contribution in [2.45, 2.75) is 13.5 Å². The zero-order chi connectivity index (χ0) is 12.0. The lowest BCUT2D eigenvalue weighted by atomic mass is 10.2. The van der Waals surface area contributed by atoms with E-state index in [1.54, 1.807) is 0 Å². The van der Waals surface area contributed by atoms with Crippen molar-refractivity contribution in [1.82, 2.24) is 4.90 Å². The summed E-state index contributed by atoms with van der Waals surface area (Å²) in [4.78, 5) is 22.5. The van der Waals surface area contributed by atoms with E-state index in [9.17, 15) is 9.59 Å². The van der Waals surface area contributed by atoms with Crippen LogP contribution in [0, 0.1) is 0 Å². The molecule has 0 aliphatic carbocycles. The molecule has 0 aliphatic heterocycles. The van der Waals surface area contributed by atoms with E-state index in [0.717, 1.165) is 10.5 Å². The van der Waals surface area contributed by atoms with Crippen LogP contribution in [0.1, 0.15) is 12.5 Å². The molecule has 1 rings (SSSR count). The fourth-order valence-electron chi connectivity index (χ4n) is 1.14. The number of nitrogens with zero attached hydrogens (tertiary/aromatic N) is 1. The van der Waals surface area contributed by atoms with Crippen molar-refractivity contribution in [1.29, 1.82) is 0 Å². The topological polar surface area (TPSA) is 66.8 Å². The Bertz CT molecular complexity index is 364. The number of benzene rings is 1. The van der Waals surface area contributed by atoms with Gasteiger partial charge in [0.2, 0.25) is 0 Å². The second-order valence-electron chi connectivity index (χ2n) is 3.23. The summed E-state index contributed by atoms with van der Waals surface area (Å²) in [5.74, 6) is -0.501. The molecule has 5 nitrogen and oxygen atoms in total. The van der Waals surface area contributed by atoms with Crippen LogP contribution in [0.2, 0.25) is 0 Å².